The van der Waals surface area contributed by atoms with E-state index in [4.69, 9.17) is 0 Å². The Morgan fingerprint density at radius 1 is 0.846 bits per heavy atom. The van der Waals surface area contributed by atoms with Crippen LogP contribution in [0.3, 0.4) is 0 Å². The molecule has 3 N–H and O–H groups in total. The number of quaternary nitrogens is 2. The summed E-state index contributed by atoms with van der Waals surface area (Å²) in [7, 11) is 0. The van der Waals surface area contributed by atoms with E-state index < -0.39 is 0 Å². The lowest BCUT2D eigenvalue weighted by Gasteiger charge is -2.29. The van der Waals surface area contributed by atoms with E-state index in [1.807, 2.05) is 4.90 Å². The van der Waals surface area contributed by atoms with Gasteiger partial charge >= 0.3 is 0 Å². The van der Waals surface area contributed by atoms with Gasteiger partial charge in [0.15, 0.2) is 0 Å². The zero-order valence-electron chi connectivity index (χ0n) is 8.73. The highest BCUT2D eigenvalue weighted by Gasteiger charge is 2.25. The summed E-state index contributed by atoms with van der Waals surface area (Å²) < 4.78 is 0. The van der Waals surface area contributed by atoms with Crippen LogP contribution in [0.4, 0.5) is 0 Å². The van der Waals surface area contributed by atoms with Crippen LogP contribution in [-0.2, 0) is 0 Å². The summed E-state index contributed by atoms with van der Waals surface area (Å²) in [4.78, 5) is 1.92. The third-order valence-electron chi connectivity index (χ3n) is 3.77. The van der Waals surface area contributed by atoms with Gasteiger partial charge in [0.2, 0.25) is 0 Å². The van der Waals surface area contributed by atoms with Crippen LogP contribution in [0.1, 0.15) is 38.5 Å². The van der Waals surface area contributed by atoms with Gasteiger partial charge in [-0.3, -0.25) is 0 Å². The standard InChI is InChI=1S/C11H22N2/c1-2-4-6-11(5-3-1)13-9-7-12-8-10-13/h11-12H,1-10H2/p+2. The van der Waals surface area contributed by atoms with Gasteiger partial charge in [0.25, 0.3) is 0 Å². The maximum absolute atomic E-state index is 2.47. The maximum Gasteiger partial charge on any atom is 0.127 e. The molecule has 0 amide bonds. The van der Waals surface area contributed by atoms with Gasteiger partial charge in [-0.15, -0.1) is 0 Å². The molecule has 0 aromatic rings. The van der Waals surface area contributed by atoms with Gasteiger partial charge in [-0.05, 0) is 25.7 Å². The molecule has 2 fully saturated rings. The molecule has 1 saturated carbocycles. The molecule has 2 aliphatic rings. The van der Waals surface area contributed by atoms with Crippen LogP contribution < -0.4 is 10.2 Å². The van der Waals surface area contributed by atoms with Gasteiger partial charge in [0, 0.05) is 0 Å². The Labute approximate surface area is 81.7 Å². The fraction of sp³-hybridized carbons (Fsp3) is 1.00. The smallest absolute Gasteiger partial charge is 0.127 e. The molecule has 0 atom stereocenters. The van der Waals surface area contributed by atoms with Crippen molar-refractivity contribution in [1.82, 2.24) is 0 Å². The van der Waals surface area contributed by atoms with E-state index in [2.05, 4.69) is 5.32 Å². The van der Waals surface area contributed by atoms with Crippen LogP contribution >= 0.6 is 0 Å². The molecular weight excluding hydrogens is 160 g/mol. The lowest BCUT2D eigenvalue weighted by molar-refractivity contribution is -0.967. The van der Waals surface area contributed by atoms with Crippen LogP contribution in [0.15, 0.2) is 0 Å². The molecule has 1 saturated heterocycles. The zero-order chi connectivity index (χ0) is 8.93. The average Bonchev–Trinajstić information content (AvgIpc) is 2.47. The summed E-state index contributed by atoms with van der Waals surface area (Å²) in [5.74, 6) is 0. The number of nitrogens with two attached hydrogens (primary N) is 1. The van der Waals surface area contributed by atoms with Gasteiger partial charge in [0.05, 0.1) is 6.04 Å². The molecule has 0 bridgehead atoms. The van der Waals surface area contributed by atoms with Crippen LogP contribution in [0.5, 0.6) is 0 Å². The molecule has 0 unspecified atom stereocenters. The lowest BCUT2D eigenvalue weighted by Crippen LogP contribution is -3.23. The fourth-order valence-electron chi connectivity index (χ4n) is 2.94. The van der Waals surface area contributed by atoms with Crippen molar-refractivity contribution in [2.75, 3.05) is 26.2 Å². The minimum atomic E-state index is 1.02. The number of hydrogen-bond acceptors (Lipinski definition) is 0. The van der Waals surface area contributed by atoms with Crippen molar-refractivity contribution in [1.29, 1.82) is 0 Å². The highest BCUT2D eigenvalue weighted by atomic mass is 15.2. The molecule has 1 aliphatic heterocycles. The minimum absolute atomic E-state index is 1.02. The van der Waals surface area contributed by atoms with E-state index >= 15 is 0 Å². The summed E-state index contributed by atoms with van der Waals surface area (Å²) in [6.45, 7) is 5.58. The largest absolute Gasteiger partial charge is 0.337 e. The molecule has 2 heteroatoms. The SMILES string of the molecule is C1CCCC([NH+]2CC[NH2+]CC2)CC1. The second-order valence-electron chi connectivity index (χ2n) is 4.71. The van der Waals surface area contributed by atoms with Crippen LogP contribution in [0.25, 0.3) is 0 Å². The lowest BCUT2D eigenvalue weighted by atomic mass is 10.1. The molecule has 1 heterocycles. The highest BCUT2D eigenvalue weighted by Crippen LogP contribution is 2.15. The highest BCUT2D eigenvalue weighted by molar-refractivity contribution is 4.63. The van der Waals surface area contributed by atoms with E-state index in [1.54, 1.807) is 0 Å². The first kappa shape index (κ1) is 9.47. The second-order valence-corrected chi connectivity index (χ2v) is 4.71. The van der Waals surface area contributed by atoms with Crippen molar-refractivity contribution in [3.8, 4) is 0 Å². The monoisotopic (exact) mass is 184 g/mol. The van der Waals surface area contributed by atoms with Crippen LogP contribution in [0, 0.1) is 0 Å². The van der Waals surface area contributed by atoms with Crippen molar-refractivity contribution in [3.05, 3.63) is 0 Å². The van der Waals surface area contributed by atoms with Gasteiger partial charge in [-0.2, -0.15) is 0 Å². The first-order valence-electron chi connectivity index (χ1n) is 6.13. The normalized spacial score (nSPS) is 28.6. The number of nitrogens with one attached hydrogen (secondary N) is 1. The molecule has 2 nitrogen and oxygen atoms in total. The van der Waals surface area contributed by atoms with Crippen molar-refractivity contribution >= 4 is 0 Å². The first-order chi connectivity index (χ1) is 6.47. The molecule has 0 aromatic carbocycles. The van der Waals surface area contributed by atoms with E-state index in [9.17, 15) is 0 Å². The topological polar surface area (TPSA) is 21.1 Å². The van der Waals surface area contributed by atoms with Crippen molar-refractivity contribution in [2.24, 2.45) is 0 Å². The Hall–Kier alpha value is -0.0800. The van der Waals surface area contributed by atoms with E-state index in [0.29, 0.717) is 0 Å². The third kappa shape index (κ3) is 2.68. The van der Waals surface area contributed by atoms with Gasteiger partial charge < -0.3 is 10.2 Å². The quantitative estimate of drug-likeness (QED) is 0.497. The molecular formula is C11H24N2+2. The fourth-order valence-corrected chi connectivity index (χ4v) is 2.94. The number of rotatable bonds is 1. The maximum atomic E-state index is 2.47. The van der Waals surface area contributed by atoms with Crippen molar-refractivity contribution in [2.45, 2.75) is 44.6 Å². The second kappa shape index (κ2) is 4.97. The summed E-state index contributed by atoms with van der Waals surface area (Å²) in [6, 6.07) is 1.02. The molecule has 76 valence electrons. The molecule has 0 aromatic heterocycles. The molecule has 0 radical (unpaired) electrons. The summed E-state index contributed by atoms with van der Waals surface area (Å²) in [5, 5.41) is 2.47. The van der Waals surface area contributed by atoms with Gasteiger partial charge in [0.1, 0.15) is 26.2 Å². The predicted molar refractivity (Wildman–Crippen MR) is 53.8 cm³/mol. The Morgan fingerprint density at radius 2 is 1.46 bits per heavy atom. The average molecular weight is 184 g/mol. The van der Waals surface area contributed by atoms with Crippen LogP contribution in [0.2, 0.25) is 0 Å². The van der Waals surface area contributed by atoms with E-state index in [-0.39, 0.29) is 0 Å². The molecule has 2 rings (SSSR count). The third-order valence-corrected chi connectivity index (χ3v) is 3.77. The summed E-state index contributed by atoms with van der Waals surface area (Å²) in [6.07, 6.45) is 9.01. The Morgan fingerprint density at radius 3 is 2.08 bits per heavy atom. The van der Waals surface area contributed by atoms with Gasteiger partial charge in [-0.25, -0.2) is 0 Å². The van der Waals surface area contributed by atoms with Crippen molar-refractivity contribution in [3.63, 3.8) is 0 Å². The molecule has 0 spiro atoms. The first-order valence-corrected chi connectivity index (χ1v) is 6.13. The number of hydrogen-bond donors (Lipinski definition) is 2. The van der Waals surface area contributed by atoms with Crippen molar-refractivity contribution < 1.29 is 10.2 Å². The Kier molecular flexibility index (Phi) is 3.62. The zero-order valence-corrected chi connectivity index (χ0v) is 8.73. The summed E-state index contributed by atoms with van der Waals surface area (Å²) >= 11 is 0. The predicted octanol–water partition coefficient (Wildman–Crippen LogP) is -0.829. The minimum Gasteiger partial charge on any atom is -0.337 e. The Bertz CT molecular complexity index is 133. The number of piperazine rings is 1. The molecule has 13 heavy (non-hydrogen) atoms. The summed E-state index contributed by atoms with van der Waals surface area (Å²) in [5.41, 5.74) is 0. The van der Waals surface area contributed by atoms with E-state index in [0.717, 1.165) is 6.04 Å². The Balaban J connectivity index is 1.82. The molecule has 1 aliphatic carbocycles. The van der Waals surface area contributed by atoms with E-state index in [1.165, 1.54) is 64.7 Å². The van der Waals surface area contributed by atoms with Gasteiger partial charge in [-0.1, -0.05) is 12.8 Å². The van der Waals surface area contributed by atoms with Crippen LogP contribution in [-0.4, -0.2) is 32.2 Å².